The van der Waals surface area contributed by atoms with Crippen molar-refractivity contribution in [2.24, 2.45) is 5.73 Å². The maximum atomic E-state index is 10.9. The van der Waals surface area contributed by atoms with Crippen LogP contribution in [0.4, 0.5) is 17.2 Å². The normalized spacial score (nSPS) is 16.0. The van der Waals surface area contributed by atoms with E-state index in [9.17, 15) is 15.1 Å². The monoisotopic (exact) mass is 326 g/mol. The van der Waals surface area contributed by atoms with Crippen LogP contribution in [0.25, 0.3) is 6.08 Å². The summed E-state index contributed by atoms with van der Waals surface area (Å²) in [5, 5.41) is 21.5. The number of anilines is 3. The Balaban J connectivity index is 1.93. The maximum absolute atomic E-state index is 10.9. The Morgan fingerprint density at radius 3 is 2.71 bits per heavy atom. The van der Waals surface area contributed by atoms with E-state index in [2.05, 4.69) is 4.98 Å². The fourth-order valence-electron chi connectivity index (χ4n) is 2.61. The Bertz CT molecular complexity index is 789. The quantitative estimate of drug-likeness (QED) is 0.734. The van der Waals surface area contributed by atoms with E-state index in [1.807, 2.05) is 0 Å². The van der Waals surface area contributed by atoms with Gasteiger partial charge in [-0.1, -0.05) is 12.1 Å². The molecule has 1 unspecified atom stereocenters. The number of pyridine rings is 1. The number of primary amides is 1. The van der Waals surface area contributed by atoms with Crippen LogP contribution in [0.2, 0.25) is 0 Å². The van der Waals surface area contributed by atoms with Gasteiger partial charge in [0, 0.05) is 18.8 Å². The number of aliphatic hydroxyl groups is 1. The molecular weight excluding hydrogens is 308 g/mol. The molecule has 2 aromatic rings. The van der Waals surface area contributed by atoms with Crippen LogP contribution < -0.4 is 15.7 Å². The lowest BCUT2D eigenvalue weighted by molar-refractivity contribution is -0.117. The van der Waals surface area contributed by atoms with Crippen molar-refractivity contribution in [1.29, 1.82) is 0 Å². The highest BCUT2D eigenvalue weighted by Crippen LogP contribution is 2.35. The van der Waals surface area contributed by atoms with Gasteiger partial charge in [-0.25, -0.2) is 10.0 Å². The summed E-state index contributed by atoms with van der Waals surface area (Å²) in [6.45, 7) is 0. The molecule has 1 aliphatic heterocycles. The summed E-state index contributed by atoms with van der Waals surface area (Å²) in [4.78, 5) is 16.8. The molecule has 0 aliphatic carbocycles. The molecule has 124 valence electrons. The summed E-state index contributed by atoms with van der Waals surface area (Å²) in [5.74, 6) is 0.172. The minimum atomic E-state index is -0.750. The third kappa shape index (κ3) is 2.94. The number of aromatic nitrogens is 1. The number of rotatable bonds is 4. The topological polar surface area (TPSA) is 103 Å². The minimum absolute atomic E-state index is 0.155. The lowest BCUT2D eigenvalue weighted by Gasteiger charge is -2.30. The Kier molecular flexibility index (Phi) is 4.20. The number of carbonyl (C=O) groups excluding carboxylic acids is 1. The summed E-state index contributed by atoms with van der Waals surface area (Å²) in [6.07, 6.45) is 4.33. The molecule has 2 heterocycles. The number of aliphatic hydroxyl groups excluding tert-OH is 1. The number of carbonyl (C=O) groups is 1. The Morgan fingerprint density at radius 1 is 1.33 bits per heavy atom. The van der Waals surface area contributed by atoms with Crippen molar-refractivity contribution in [3.8, 4) is 0 Å². The zero-order valence-electron chi connectivity index (χ0n) is 13.1. The molecular formula is C17H18N4O3. The smallest absolute Gasteiger partial charge is 0.221 e. The number of amides is 1. The highest BCUT2D eigenvalue weighted by molar-refractivity contribution is 5.81. The molecule has 7 nitrogen and oxygen atoms in total. The second-order valence-electron chi connectivity index (χ2n) is 5.57. The van der Waals surface area contributed by atoms with Gasteiger partial charge in [-0.3, -0.25) is 10.0 Å². The van der Waals surface area contributed by atoms with Crippen LogP contribution in [0.1, 0.15) is 11.1 Å². The average molecular weight is 326 g/mol. The average Bonchev–Trinajstić information content (AvgIpc) is 2.57. The van der Waals surface area contributed by atoms with Crippen molar-refractivity contribution < 1.29 is 15.1 Å². The number of nitrogens with zero attached hydrogens (tertiary/aromatic N) is 3. The number of hydrogen-bond donors (Lipinski definition) is 3. The van der Waals surface area contributed by atoms with Crippen LogP contribution in [-0.2, 0) is 11.2 Å². The Morgan fingerprint density at radius 2 is 2.04 bits per heavy atom. The molecule has 0 fully saturated rings. The van der Waals surface area contributed by atoms with Crippen molar-refractivity contribution in [3.05, 3.63) is 53.7 Å². The van der Waals surface area contributed by atoms with Crippen molar-refractivity contribution in [3.63, 3.8) is 0 Å². The third-order valence-electron chi connectivity index (χ3n) is 3.90. The molecule has 1 amide bonds. The SMILES string of the molecule is CN1c2nccc(N(O)c3ccc(CC(N)=O)cc3)c2C=CC1O. The van der Waals surface area contributed by atoms with Gasteiger partial charge in [0.05, 0.1) is 17.8 Å². The van der Waals surface area contributed by atoms with Gasteiger partial charge in [-0.2, -0.15) is 0 Å². The summed E-state index contributed by atoms with van der Waals surface area (Å²) in [6, 6.07) is 8.57. The Labute approximate surface area is 139 Å². The number of likely N-dealkylation sites (N-methyl/N-ethyl adjacent to an activating group) is 1. The molecule has 0 spiro atoms. The second kappa shape index (κ2) is 6.31. The van der Waals surface area contributed by atoms with Crippen LogP contribution in [-0.4, -0.2) is 34.5 Å². The van der Waals surface area contributed by atoms with Crippen molar-refractivity contribution >= 4 is 29.2 Å². The van der Waals surface area contributed by atoms with E-state index >= 15 is 0 Å². The van der Waals surface area contributed by atoms with Gasteiger partial charge in [-0.05, 0) is 35.9 Å². The summed E-state index contributed by atoms with van der Waals surface area (Å²) in [7, 11) is 1.73. The number of hydrogen-bond acceptors (Lipinski definition) is 6. The molecule has 1 aromatic heterocycles. The highest BCUT2D eigenvalue weighted by Gasteiger charge is 2.22. The standard InChI is InChI=1S/C17H18N4O3/c1-20-16(23)7-6-13-14(8-9-19-17(13)20)21(24)12-4-2-11(3-5-12)10-15(18)22/h2-9,16,23-24H,10H2,1H3,(H2,18,22). The van der Waals surface area contributed by atoms with E-state index in [1.165, 1.54) is 0 Å². The lowest BCUT2D eigenvalue weighted by Crippen LogP contribution is -2.33. The van der Waals surface area contributed by atoms with E-state index in [0.29, 0.717) is 22.8 Å². The molecule has 0 radical (unpaired) electrons. The molecule has 7 heteroatoms. The fraction of sp³-hybridized carbons (Fsp3) is 0.176. The zero-order chi connectivity index (χ0) is 17.3. The predicted octanol–water partition coefficient (Wildman–Crippen LogP) is 1.42. The Hall–Kier alpha value is -2.90. The lowest BCUT2D eigenvalue weighted by atomic mass is 10.1. The molecule has 3 rings (SSSR count). The first kappa shape index (κ1) is 16.0. The van der Waals surface area contributed by atoms with Gasteiger partial charge in [0.15, 0.2) is 0 Å². The summed E-state index contributed by atoms with van der Waals surface area (Å²) >= 11 is 0. The van der Waals surface area contributed by atoms with Crippen LogP contribution in [0.5, 0.6) is 0 Å². The van der Waals surface area contributed by atoms with Gasteiger partial charge in [-0.15, -0.1) is 0 Å². The molecule has 1 aliphatic rings. The first-order chi connectivity index (χ1) is 11.5. The number of fused-ring (bicyclic) bond motifs is 1. The molecule has 0 bridgehead atoms. The highest BCUT2D eigenvalue weighted by atomic mass is 16.5. The minimum Gasteiger partial charge on any atom is -0.370 e. The maximum Gasteiger partial charge on any atom is 0.221 e. The van der Waals surface area contributed by atoms with E-state index in [-0.39, 0.29) is 6.42 Å². The zero-order valence-corrected chi connectivity index (χ0v) is 13.1. The van der Waals surface area contributed by atoms with Crippen molar-refractivity contribution in [1.82, 2.24) is 4.98 Å². The fourth-order valence-corrected chi connectivity index (χ4v) is 2.61. The second-order valence-corrected chi connectivity index (χ2v) is 5.57. The molecule has 0 saturated carbocycles. The largest absolute Gasteiger partial charge is 0.370 e. The van der Waals surface area contributed by atoms with E-state index in [4.69, 9.17) is 5.73 Å². The van der Waals surface area contributed by atoms with E-state index < -0.39 is 12.1 Å². The number of nitrogens with two attached hydrogens (primary N) is 1. The van der Waals surface area contributed by atoms with E-state index in [1.54, 1.807) is 60.6 Å². The van der Waals surface area contributed by atoms with Gasteiger partial charge in [0.25, 0.3) is 0 Å². The molecule has 24 heavy (non-hydrogen) atoms. The first-order valence-corrected chi connectivity index (χ1v) is 7.41. The third-order valence-corrected chi connectivity index (χ3v) is 3.90. The van der Waals surface area contributed by atoms with E-state index in [0.717, 1.165) is 10.6 Å². The molecule has 1 atom stereocenters. The molecule has 4 N–H and O–H groups in total. The van der Waals surface area contributed by atoms with Crippen LogP contribution in [0.15, 0.2) is 42.6 Å². The van der Waals surface area contributed by atoms with Gasteiger partial charge < -0.3 is 15.7 Å². The van der Waals surface area contributed by atoms with Gasteiger partial charge >= 0.3 is 0 Å². The van der Waals surface area contributed by atoms with Crippen LogP contribution in [0, 0.1) is 0 Å². The van der Waals surface area contributed by atoms with Crippen LogP contribution >= 0.6 is 0 Å². The number of benzene rings is 1. The summed E-state index contributed by atoms with van der Waals surface area (Å²) in [5.41, 5.74) is 7.74. The van der Waals surface area contributed by atoms with Crippen molar-refractivity contribution in [2.45, 2.75) is 12.6 Å². The first-order valence-electron chi connectivity index (χ1n) is 7.41. The summed E-state index contributed by atoms with van der Waals surface area (Å²) < 4.78 is 0. The van der Waals surface area contributed by atoms with Crippen LogP contribution in [0.3, 0.4) is 0 Å². The van der Waals surface area contributed by atoms with Gasteiger partial charge in [0.2, 0.25) is 5.91 Å². The predicted molar refractivity (Wildman–Crippen MR) is 90.9 cm³/mol. The van der Waals surface area contributed by atoms with Crippen molar-refractivity contribution in [2.75, 3.05) is 17.0 Å². The molecule has 0 saturated heterocycles. The molecule has 1 aromatic carbocycles. The van der Waals surface area contributed by atoms with Gasteiger partial charge in [0.1, 0.15) is 12.0 Å².